The van der Waals surface area contributed by atoms with E-state index >= 15 is 0 Å². The first-order valence-corrected chi connectivity index (χ1v) is 19.0. The Hall–Kier alpha value is -2.64. The molecule has 6 rings (SSSR count). The van der Waals surface area contributed by atoms with E-state index in [-0.39, 0.29) is 9.79 Å². The van der Waals surface area contributed by atoms with Crippen LogP contribution in [0.2, 0.25) is 0 Å². The molecule has 1 aromatic heterocycles. The van der Waals surface area contributed by atoms with E-state index in [0.717, 1.165) is 64.2 Å². The molecule has 2 aromatic carbocycles. The lowest BCUT2D eigenvalue weighted by molar-refractivity contribution is 0.0359. The number of phenols is 1. The van der Waals surface area contributed by atoms with Gasteiger partial charge < -0.3 is 14.9 Å². The van der Waals surface area contributed by atoms with Crippen LogP contribution in [0.3, 0.4) is 0 Å². The molecular formula is C33H44FN5O4S2. The summed E-state index contributed by atoms with van der Waals surface area (Å²) in [6.45, 7) is 12.6. The number of likely N-dealkylation sites (tertiary alicyclic amines) is 1. The largest absolute Gasteiger partial charge is 0.505 e. The molecule has 3 aliphatic heterocycles. The van der Waals surface area contributed by atoms with Crippen LogP contribution in [-0.4, -0.2) is 114 Å². The number of pyridine rings is 1. The minimum absolute atomic E-state index is 0.0176. The second-order valence-corrected chi connectivity index (χ2v) is 16.2. The predicted molar refractivity (Wildman–Crippen MR) is 176 cm³/mol. The molecule has 45 heavy (non-hydrogen) atoms. The van der Waals surface area contributed by atoms with Gasteiger partial charge in [0.25, 0.3) is 0 Å². The quantitative estimate of drug-likeness (QED) is 0.403. The Morgan fingerprint density at radius 2 is 1.51 bits per heavy atom. The number of phenolic OH excluding ortho intramolecular Hbond substituents is 1. The minimum Gasteiger partial charge on any atom is -0.505 e. The number of aromatic nitrogens is 1. The summed E-state index contributed by atoms with van der Waals surface area (Å²) < 4.78 is 54.6. The molecule has 0 saturated carbocycles. The summed E-state index contributed by atoms with van der Waals surface area (Å²) in [5.74, 6) is -1.61. The smallest absolute Gasteiger partial charge is 0.210 e. The fourth-order valence-corrected chi connectivity index (χ4v) is 9.30. The molecule has 0 aliphatic carbocycles. The summed E-state index contributed by atoms with van der Waals surface area (Å²) in [7, 11) is -5.46. The van der Waals surface area contributed by atoms with Crippen LogP contribution in [0, 0.1) is 5.82 Å². The second kappa shape index (κ2) is 13.2. The van der Waals surface area contributed by atoms with E-state index in [1.807, 2.05) is 0 Å². The van der Waals surface area contributed by atoms with Gasteiger partial charge in [-0.25, -0.2) is 12.8 Å². The zero-order valence-electron chi connectivity index (χ0n) is 26.4. The van der Waals surface area contributed by atoms with Crippen LogP contribution >= 0.6 is 0 Å². The standard InChI is InChI=1S/C33H44FN5O4S2/c1-23(2)36-16-18-38(19-17-36)25-8-12-37(13-9-25)24-10-14-39(15-11-24)33-28-20-26(44(3)41)4-6-30(28)35-22-32(33)45(42,43)27-5-7-31(40)29(34)21-27/h4-7,20-25,40H,8-19H2,1-3H3. The van der Waals surface area contributed by atoms with Gasteiger partial charge in [0.2, 0.25) is 9.84 Å². The van der Waals surface area contributed by atoms with Crippen molar-refractivity contribution in [1.82, 2.24) is 19.7 Å². The van der Waals surface area contributed by atoms with E-state index in [0.29, 0.717) is 52.7 Å². The first-order valence-electron chi connectivity index (χ1n) is 16.0. The van der Waals surface area contributed by atoms with Crippen molar-refractivity contribution in [2.24, 2.45) is 0 Å². The molecule has 3 aliphatic rings. The zero-order chi connectivity index (χ0) is 31.9. The number of benzene rings is 2. The highest BCUT2D eigenvalue weighted by Gasteiger charge is 2.34. The van der Waals surface area contributed by atoms with E-state index < -0.39 is 32.2 Å². The molecular weight excluding hydrogens is 614 g/mol. The summed E-state index contributed by atoms with van der Waals surface area (Å²) in [6, 6.07) is 10.1. The summed E-state index contributed by atoms with van der Waals surface area (Å²) in [6.07, 6.45) is 7.09. The van der Waals surface area contributed by atoms with E-state index in [9.17, 15) is 22.1 Å². The Kier molecular flexibility index (Phi) is 9.50. The average molecular weight is 658 g/mol. The van der Waals surface area contributed by atoms with Crippen LogP contribution in [0.5, 0.6) is 5.75 Å². The van der Waals surface area contributed by atoms with Gasteiger partial charge >= 0.3 is 0 Å². The molecule has 4 heterocycles. The van der Waals surface area contributed by atoms with E-state index in [1.165, 1.54) is 25.1 Å². The normalized spacial score (nSPS) is 21.1. The number of fused-ring (bicyclic) bond motifs is 1. The number of piperidine rings is 2. The van der Waals surface area contributed by atoms with Crippen molar-refractivity contribution < 1.29 is 22.1 Å². The number of halogens is 1. The van der Waals surface area contributed by atoms with Crippen molar-refractivity contribution in [2.45, 2.75) is 72.3 Å². The molecule has 9 nitrogen and oxygen atoms in total. The van der Waals surface area contributed by atoms with Gasteiger partial charge in [-0.3, -0.25) is 19.0 Å². The molecule has 12 heteroatoms. The molecule has 0 radical (unpaired) electrons. The minimum atomic E-state index is -4.19. The number of anilines is 1. The van der Waals surface area contributed by atoms with Crippen LogP contribution in [0.25, 0.3) is 10.9 Å². The number of aromatic hydroxyl groups is 1. The number of hydrogen-bond acceptors (Lipinski definition) is 9. The third kappa shape index (κ3) is 6.62. The van der Waals surface area contributed by atoms with Crippen LogP contribution in [0.1, 0.15) is 39.5 Å². The topological polar surface area (TPSA) is 97.3 Å². The van der Waals surface area contributed by atoms with Crippen LogP contribution in [-0.2, 0) is 20.6 Å². The lowest BCUT2D eigenvalue weighted by Gasteiger charge is -2.46. The molecule has 1 unspecified atom stereocenters. The van der Waals surface area contributed by atoms with Crippen molar-refractivity contribution in [3.8, 4) is 5.75 Å². The highest BCUT2D eigenvalue weighted by Crippen LogP contribution is 2.39. The average Bonchev–Trinajstić information content (AvgIpc) is 3.05. The van der Waals surface area contributed by atoms with Gasteiger partial charge in [0.05, 0.1) is 16.1 Å². The van der Waals surface area contributed by atoms with Crippen molar-refractivity contribution in [1.29, 1.82) is 0 Å². The Morgan fingerprint density at radius 1 is 0.889 bits per heavy atom. The van der Waals surface area contributed by atoms with Crippen LogP contribution in [0.4, 0.5) is 10.1 Å². The Labute approximate surface area is 268 Å². The summed E-state index contributed by atoms with van der Waals surface area (Å²) in [5.41, 5.74) is 1.12. The number of sulfone groups is 1. The Bertz CT molecular complexity index is 1660. The fraction of sp³-hybridized carbons (Fsp3) is 0.545. The molecule has 0 spiro atoms. The van der Waals surface area contributed by atoms with Crippen molar-refractivity contribution in [3.63, 3.8) is 0 Å². The maximum absolute atomic E-state index is 14.3. The van der Waals surface area contributed by atoms with Gasteiger partial charge in [0.1, 0.15) is 4.90 Å². The zero-order valence-corrected chi connectivity index (χ0v) is 28.0. The Balaban J connectivity index is 1.21. The number of piperazine rings is 1. The molecule has 0 amide bonds. The van der Waals surface area contributed by atoms with Gasteiger partial charge in [0, 0.05) is 90.9 Å². The van der Waals surface area contributed by atoms with Gasteiger partial charge in [-0.1, -0.05) is 0 Å². The molecule has 244 valence electrons. The lowest BCUT2D eigenvalue weighted by Crippen LogP contribution is -2.56. The first-order chi connectivity index (χ1) is 21.5. The molecule has 0 bridgehead atoms. The summed E-state index contributed by atoms with van der Waals surface area (Å²) >= 11 is 0. The number of hydrogen-bond donors (Lipinski definition) is 1. The third-order valence-corrected chi connectivity index (χ3v) is 12.7. The van der Waals surface area contributed by atoms with Gasteiger partial charge in [0.15, 0.2) is 11.6 Å². The van der Waals surface area contributed by atoms with Crippen molar-refractivity contribution in [2.75, 3.05) is 63.5 Å². The SMILES string of the molecule is CC(C)N1CCN(C2CCN(C3CCN(c4c(S(=O)(=O)c5ccc(O)c(F)c5)cnc5ccc(S(C)=O)cc45)CC3)CC2)CC1. The first kappa shape index (κ1) is 32.3. The highest BCUT2D eigenvalue weighted by molar-refractivity contribution is 7.91. The number of nitrogens with zero attached hydrogens (tertiary/aromatic N) is 5. The predicted octanol–water partition coefficient (Wildman–Crippen LogP) is 4.11. The van der Waals surface area contributed by atoms with Crippen LogP contribution < -0.4 is 4.90 Å². The van der Waals surface area contributed by atoms with Gasteiger partial charge in [-0.05, 0) is 89.0 Å². The molecule has 3 fully saturated rings. The summed E-state index contributed by atoms with van der Waals surface area (Å²) in [4.78, 5) is 14.7. The third-order valence-electron chi connectivity index (χ3n) is 10.0. The van der Waals surface area contributed by atoms with E-state index in [1.54, 1.807) is 24.5 Å². The summed E-state index contributed by atoms with van der Waals surface area (Å²) in [5, 5.41) is 10.3. The van der Waals surface area contributed by atoms with E-state index in [4.69, 9.17) is 0 Å². The van der Waals surface area contributed by atoms with Crippen LogP contribution in [0.15, 0.2) is 57.3 Å². The maximum atomic E-state index is 14.3. The van der Waals surface area contributed by atoms with Gasteiger partial charge in [-0.15, -0.1) is 0 Å². The van der Waals surface area contributed by atoms with E-state index in [2.05, 4.69) is 38.4 Å². The molecule has 1 atom stereocenters. The lowest BCUT2D eigenvalue weighted by atomic mass is 9.96. The monoisotopic (exact) mass is 657 g/mol. The van der Waals surface area contributed by atoms with Gasteiger partial charge in [-0.2, -0.15) is 0 Å². The number of rotatable bonds is 7. The van der Waals surface area contributed by atoms with Crippen molar-refractivity contribution >= 4 is 37.2 Å². The Morgan fingerprint density at radius 3 is 2.11 bits per heavy atom. The van der Waals surface area contributed by atoms with Crippen molar-refractivity contribution in [3.05, 3.63) is 48.4 Å². The maximum Gasteiger partial charge on any atom is 0.210 e. The molecule has 1 N–H and O–H groups in total. The fourth-order valence-electron chi connectivity index (χ4n) is 7.31. The highest BCUT2D eigenvalue weighted by atomic mass is 32.2. The molecule has 3 saturated heterocycles. The molecule has 3 aromatic rings. The second-order valence-electron chi connectivity index (χ2n) is 12.9.